The van der Waals surface area contributed by atoms with Gasteiger partial charge in [-0.25, -0.2) is 4.68 Å². The zero-order chi connectivity index (χ0) is 14.8. The summed E-state index contributed by atoms with van der Waals surface area (Å²) in [5, 5.41) is 13.7. The second kappa shape index (κ2) is 5.58. The minimum atomic E-state index is -1.12. The molecule has 0 saturated carbocycles. The van der Waals surface area contributed by atoms with Gasteiger partial charge in [-0.05, 0) is 39.8 Å². The molecular formula is C12H20N6O2. The Hall–Kier alpha value is -1.96. The first-order valence-corrected chi connectivity index (χ1v) is 6.65. The topological polar surface area (TPSA) is 115 Å². The third-order valence-corrected chi connectivity index (χ3v) is 3.47. The smallest absolute Gasteiger partial charge is 0.274 e. The van der Waals surface area contributed by atoms with Gasteiger partial charge < -0.3 is 16.4 Å². The molecule has 0 radical (unpaired) electrons. The Morgan fingerprint density at radius 3 is 2.70 bits per heavy atom. The number of primary amides is 1. The van der Waals surface area contributed by atoms with E-state index in [1.54, 1.807) is 24.7 Å². The van der Waals surface area contributed by atoms with E-state index in [0.29, 0.717) is 0 Å². The maximum Gasteiger partial charge on any atom is 0.274 e. The molecule has 20 heavy (non-hydrogen) atoms. The number of aromatic nitrogens is 3. The van der Waals surface area contributed by atoms with Gasteiger partial charge >= 0.3 is 0 Å². The molecule has 4 N–H and O–H groups in total. The van der Waals surface area contributed by atoms with Crippen molar-refractivity contribution < 1.29 is 9.59 Å². The lowest BCUT2D eigenvalue weighted by Gasteiger charge is -2.22. The number of nitrogens with two attached hydrogens (primary N) is 1. The average molecular weight is 280 g/mol. The summed E-state index contributed by atoms with van der Waals surface area (Å²) in [4.78, 5) is 23.2. The molecule has 8 nitrogen and oxygen atoms in total. The van der Waals surface area contributed by atoms with Crippen molar-refractivity contribution in [2.24, 2.45) is 5.73 Å². The number of nitrogens with one attached hydrogen (secondary N) is 2. The molecule has 1 aromatic heterocycles. The number of nitrogens with zero attached hydrogens (tertiary/aromatic N) is 3. The molecule has 110 valence electrons. The van der Waals surface area contributed by atoms with E-state index in [9.17, 15) is 9.59 Å². The van der Waals surface area contributed by atoms with Crippen molar-refractivity contribution in [3.63, 3.8) is 0 Å². The number of hydrogen-bond acceptors (Lipinski definition) is 5. The number of carbonyl (C=O) groups is 2. The molecule has 1 aliphatic rings. The van der Waals surface area contributed by atoms with E-state index >= 15 is 0 Å². The van der Waals surface area contributed by atoms with E-state index < -0.39 is 17.4 Å². The van der Waals surface area contributed by atoms with Gasteiger partial charge in [-0.15, -0.1) is 5.10 Å². The van der Waals surface area contributed by atoms with Gasteiger partial charge in [0.05, 0.1) is 12.2 Å². The molecule has 1 aliphatic heterocycles. The van der Waals surface area contributed by atoms with E-state index in [2.05, 4.69) is 20.9 Å². The summed E-state index contributed by atoms with van der Waals surface area (Å²) in [7, 11) is 0. The van der Waals surface area contributed by atoms with Crippen LogP contribution < -0.4 is 16.4 Å². The van der Waals surface area contributed by atoms with Crippen LogP contribution in [0.4, 0.5) is 0 Å². The summed E-state index contributed by atoms with van der Waals surface area (Å²) >= 11 is 0. The molecule has 2 heterocycles. The van der Waals surface area contributed by atoms with Gasteiger partial charge in [-0.1, -0.05) is 5.21 Å². The molecule has 0 spiro atoms. The summed E-state index contributed by atoms with van der Waals surface area (Å²) < 4.78 is 1.72. The van der Waals surface area contributed by atoms with Gasteiger partial charge in [0.2, 0.25) is 5.91 Å². The van der Waals surface area contributed by atoms with Gasteiger partial charge in [0, 0.05) is 0 Å². The Bertz CT molecular complexity index is 504. The molecule has 1 aromatic rings. The Balaban J connectivity index is 2.04. The average Bonchev–Trinajstić information content (AvgIpc) is 2.88. The fourth-order valence-corrected chi connectivity index (χ4v) is 2.04. The van der Waals surface area contributed by atoms with Crippen LogP contribution in [0.3, 0.4) is 0 Å². The summed E-state index contributed by atoms with van der Waals surface area (Å²) in [6.45, 7) is 4.95. The first kappa shape index (κ1) is 14.4. The van der Waals surface area contributed by atoms with E-state index in [0.717, 1.165) is 25.9 Å². The molecular weight excluding hydrogens is 260 g/mol. The molecule has 0 unspecified atom stereocenters. The van der Waals surface area contributed by atoms with Crippen LogP contribution in [-0.2, 0) is 4.79 Å². The minimum Gasteiger partial charge on any atom is -0.368 e. The van der Waals surface area contributed by atoms with Crippen molar-refractivity contribution in [2.45, 2.75) is 38.3 Å². The molecule has 2 amide bonds. The SMILES string of the molecule is CC(C)(NC(=O)c1cn(C2CCNCC2)nn1)C(N)=O. The minimum absolute atomic E-state index is 0.192. The summed E-state index contributed by atoms with van der Waals surface area (Å²) in [6.07, 6.45) is 3.52. The number of amides is 2. The first-order chi connectivity index (χ1) is 9.40. The lowest BCUT2D eigenvalue weighted by molar-refractivity contribution is -0.122. The Morgan fingerprint density at radius 1 is 1.45 bits per heavy atom. The molecule has 0 bridgehead atoms. The van der Waals surface area contributed by atoms with Crippen LogP contribution >= 0.6 is 0 Å². The van der Waals surface area contributed by atoms with Crippen LogP contribution in [0.2, 0.25) is 0 Å². The van der Waals surface area contributed by atoms with Crippen LogP contribution in [0.1, 0.15) is 43.2 Å². The zero-order valence-corrected chi connectivity index (χ0v) is 11.7. The predicted molar refractivity (Wildman–Crippen MR) is 71.9 cm³/mol. The Labute approximate surface area is 117 Å². The maximum absolute atomic E-state index is 12.0. The van der Waals surface area contributed by atoms with Crippen LogP contribution in [-0.4, -0.2) is 45.4 Å². The van der Waals surface area contributed by atoms with E-state index in [1.165, 1.54) is 0 Å². The first-order valence-electron chi connectivity index (χ1n) is 6.65. The summed E-state index contributed by atoms with van der Waals surface area (Å²) in [6, 6.07) is 0.259. The standard InChI is InChI=1S/C12H20N6O2/c1-12(2,11(13)20)15-10(19)9-7-18(17-16-9)8-3-5-14-6-4-8/h7-8,14H,3-6H2,1-2H3,(H2,13,20)(H,15,19). The zero-order valence-electron chi connectivity index (χ0n) is 11.7. The van der Waals surface area contributed by atoms with E-state index in [4.69, 9.17) is 5.73 Å². The second-order valence-electron chi connectivity index (χ2n) is 5.51. The van der Waals surface area contributed by atoms with Gasteiger partial charge in [0.25, 0.3) is 5.91 Å². The monoisotopic (exact) mass is 280 g/mol. The lowest BCUT2D eigenvalue weighted by atomic mass is 10.1. The molecule has 8 heteroatoms. The number of hydrogen-bond donors (Lipinski definition) is 3. The van der Waals surface area contributed by atoms with Crippen molar-refractivity contribution in [1.82, 2.24) is 25.6 Å². The highest BCUT2D eigenvalue weighted by Crippen LogP contribution is 2.17. The van der Waals surface area contributed by atoms with Crippen LogP contribution in [0.5, 0.6) is 0 Å². The quantitative estimate of drug-likeness (QED) is 0.667. The lowest BCUT2D eigenvalue weighted by Crippen LogP contribution is -2.53. The fourth-order valence-electron chi connectivity index (χ4n) is 2.04. The predicted octanol–water partition coefficient (Wildman–Crippen LogP) is -0.804. The van der Waals surface area contributed by atoms with Crippen LogP contribution in [0.15, 0.2) is 6.20 Å². The molecule has 1 saturated heterocycles. The number of rotatable bonds is 4. The van der Waals surface area contributed by atoms with Gasteiger partial charge in [-0.2, -0.15) is 0 Å². The second-order valence-corrected chi connectivity index (χ2v) is 5.51. The van der Waals surface area contributed by atoms with Crippen molar-refractivity contribution >= 4 is 11.8 Å². The van der Waals surface area contributed by atoms with Gasteiger partial charge in [0.1, 0.15) is 5.54 Å². The fraction of sp³-hybridized carbons (Fsp3) is 0.667. The maximum atomic E-state index is 12.0. The molecule has 1 fully saturated rings. The van der Waals surface area contributed by atoms with E-state index in [-0.39, 0.29) is 11.7 Å². The van der Waals surface area contributed by atoms with Gasteiger partial charge in [0.15, 0.2) is 5.69 Å². The molecule has 0 aromatic carbocycles. The van der Waals surface area contributed by atoms with Gasteiger partial charge in [-0.3, -0.25) is 9.59 Å². The molecule has 0 aliphatic carbocycles. The third-order valence-electron chi connectivity index (χ3n) is 3.47. The summed E-state index contributed by atoms with van der Waals surface area (Å²) in [5.41, 5.74) is 4.29. The van der Waals surface area contributed by atoms with Crippen molar-refractivity contribution in [3.05, 3.63) is 11.9 Å². The highest BCUT2D eigenvalue weighted by atomic mass is 16.2. The van der Waals surface area contributed by atoms with Crippen LogP contribution in [0, 0.1) is 0 Å². The highest BCUT2D eigenvalue weighted by Gasteiger charge is 2.28. The third kappa shape index (κ3) is 3.13. The Morgan fingerprint density at radius 2 is 2.10 bits per heavy atom. The Kier molecular flexibility index (Phi) is 4.03. The highest BCUT2D eigenvalue weighted by molar-refractivity contribution is 5.96. The van der Waals surface area contributed by atoms with Crippen molar-refractivity contribution in [1.29, 1.82) is 0 Å². The van der Waals surface area contributed by atoms with Crippen LogP contribution in [0.25, 0.3) is 0 Å². The largest absolute Gasteiger partial charge is 0.368 e. The molecule has 2 rings (SSSR count). The van der Waals surface area contributed by atoms with Crippen molar-refractivity contribution in [2.75, 3.05) is 13.1 Å². The number of carbonyl (C=O) groups excluding carboxylic acids is 2. The molecule has 0 atom stereocenters. The van der Waals surface area contributed by atoms with E-state index in [1.807, 2.05) is 0 Å². The summed E-state index contributed by atoms with van der Waals surface area (Å²) in [5.74, 6) is -1.05. The normalized spacial score (nSPS) is 16.9. The van der Waals surface area contributed by atoms with Crippen molar-refractivity contribution in [3.8, 4) is 0 Å². The number of piperidine rings is 1.